The number of piperidine rings is 2. The Bertz CT molecular complexity index is 697. The third-order valence-electron chi connectivity index (χ3n) is 6.18. The smallest absolute Gasteiger partial charge is 0.128 e. The zero-order chi connectivity index (χ0) is 17.9. The lowest BCUT2D eigenvalue weighted by atomic mass is 9.79. The van der Waals surface area contributed by atoms with Crippen LogP contribution >= 0.6 is 11.6 Å². The highest BCUT2D eigenvalue weighted by Gasteiger charge is 2.30. The molecule has 0 amide bonds. The number of hydrogen-bond acceptors (Lipinski definition) is 4. The molecule has 2 fully saturated rings. The summed E-state index contributed by atoms with van der Waals surface area (Å²) in [6.07, 6.45) is 8.78. The molecule has 2 aliphatic heterocycles. The number of nitrogens with zero attached hydrogens (tertiary/aromatic N) is 4. The molecule has 2 saturated heterocycles. The van der Waals surface area contributed by atoms with Gasteiger partial charge in [-0.15, -0.1) is 0 Å². The van der Waals surface area contributed by atoms with Crippen molar-refractivity contribution in [3.63, 3.8) is 0 Å². The summed E-state index contributed by atoms with van der Waals surface area (Å²) in [7, 11) is 0. The van der Waals surface area contributed by atoms with Gasteiger partial charge in [-0.3, -0.25) is 4.90 Å². The van der Waals surface area contributed by atoms with Gasteiger partial charge in [0.15, 0.2) is 0 Å². The van der Waals surface area contributed by atoms with Crippen molar-refractivity contribution in [3.05, 3.63) is 41.1 Å². The van der Waals surface area contributed by atoms with Crippen molar-refractivity contribution in [1.29, 1.82) is 0 Å². The molecule has 0 unspecified atom stereocenters. The lowest BCUT2D eigenvalue weighted by molar-refractivity contribution is 0.128. The zero-order valence-corrected chi connectivity index (χ0v) is 16.3. The van der Waals surface area contributed by atoms with Gasteiger partial charge in [0.2, 0.25) is 0 Å². The second-order valence-electron chi connectivity index (χ2n) is 7.75. The van der Waals surface area contributed by atoms with Crippen LogP contribution in [0.4, 0.5) is 5.82 Å². The fourth-order valence-corrected chi connectivity index (χ4v) is 4.61. The Balaban J connectivity index is 1.24. The van der Waals surface area contributed by atoms with Crippen LogP contribution in [0.3, 0.4) is 0 Å². The third kappa shape index (κ3) is 4.04. The van der Waals surface area contributed by atoms with E-state index < -0.39 is 0 Å². The number of rotatable bonds is 4. The van der Waals surface area contributed by atoms with Gasteiger partial charge in [0.05, 0.1) is 17.0 Å². The lowest BCUT2D eigenvalue weighted by Gasteiger charge is -2.40. The van der Waals surface area contributed by atoms with Crippen LogP contribution < -0.4 is 4.90 Å². The summed E-state index contributed by atoms with van der Waals surface area (Å²) >= 11 is 5.95. The van der Waals surface area contributed by atoms with Gasteiger partial charge in [-0.05, 0) is 69.7 Å². The van der Waals surface area contributed by atoms with Gasteiger partial charge in [-0.2, -0.15) is 0 Å². The van der Waals surface area contributed by atoms with Crippen molar-refractivity contribution in [2.45, 2.75) is 39.2 Å². The lowest BCUT2D eigenvalue weighted by Crippen LogP contribution is -2.41. The van der Waals surface area contributed by atoms with E-state index in [1.807, 2.05) is 12.1 Å². The van der Waals surface area contributed by atoms with Crippen molar-refractivity contribution in [2.24, 2.45) is 11.8 Å². The fourth-order valence-electron chi connectivity index (χ4n) is 4.50. The number of aromatic nitrogens is 3. The number of nitrogens with one attached hydrogen (secondary N) is 1. The number of hydrogen-bond donors (Lipinski definition) is 1. The molecule has 2 aromatic rings. The minimum Gasteiger partial charge on any atom is -0.357 e. The quantitative estimate of drug-likeness (QED) is 0.883. The highest BCUT2D eigenvalue weighted by atomic mass is 35.5. The van der Waals surface area contributed by atoms with Crippen LogP contribution in [0, 0.1) is 18.8 Å². The van der Waals surface area contributed by atoms with Crippen LogP contribution in [-0.4, -0.2) is 46.0 Å². The van der Waals surface area contributed by atoms with Gasteiger partial charge >= 0.3 is 0 Å². The van der Waals surface area contributed by atoms with Crippen molar-refractivity contribution in [2.75, 3.05) is 31.1 Å². The Morgan fingerprint density at radius 2 is 1.73 bits per heavy atom. The van der Waals surface area contributed by atoms with Crippen LogP contribution in [0.25, 0.3) is 0 Å². The number of aryl methyl sites for hydroxylation is 1. The maximum absolute atomic E-state index is 5.95. The second kappa shape index (κ2) is 7.97. The standard InChI is InChI=1S/C20H28ClN5/c1-15-19(24-14-23-15)13-25-8-4-16(5-9-25)17-6-10-26(11-7-17)20-3-2-18(21)12-22-20/h2-3,12,14,16-17H,4-11,13H2,1H3,(H,23,24). The third-order valence-corrected chi connectivity index (χ3v) is 6.41. The van der Waals surface area contributed by atoms with Gasteiger partial charge in [-0.1, -0.05) is 11.6 Å². The second-order valence-corrected chi connectivity index (χ2v) is 8.18. The van der Waals surface area contributed by atoms with Crippen molar-refractivity contribution < 1.29 is 0 Å². The summed E-state index contributed by atoms with van der Waals surface area (Å²) in [4.78, 5) is 17.1. The van der Waals surface area contributed by atoms with Crippen LogP contribution in [0.15, 0.2) is 24.7 Å². The molecule has 0 spiro atoms. The molecule has 0 saturated carbocycles. The molecule has 1 N–H and O–H groups in total. The average Bonchev–Trinajstić information content (AvgIpc) is 3.08. The minimum absolute atomic E-state index is 0.709. The zero-order valence-electron chi connectivity index (χ0n) is 15.5. The topological polar surface area (TPSA) is 48.1 Å². The van der Waals surface area contributed by atoms with Gasteiger partial charge in [-0.25, -0.2) is 9.97 Å². The molecule has 0 atom stereocenters. The van der Waals surface area contributed by atoms with E-state index in [1.54, 1.807) is 12.5 Å². The van der Waals surface area contributed by atoms with E-state index in [4.69, 9.17) is 11.6 Å². The van der Waals surface area contributed by atoms with E-state index in [1.165, 1.54) is 50.2 Å². The molecule has 4 rings (SSSR count). The summed E-state index contributed by atoms with van der Waals surface area (Å²) < 4.78 is 0. The van der Waals surface area contributed by atoms with E-state index in [9.17, 15) is 0 Å². The number of halogens is 1. The number of aromatic amines is 1. The van der Waals surface area contributed by atoms with Gasteiger partial charge in [0, 0.05) is 31.5 Å². The molecular formula is C20H28ClN5. The molecule has 0 radical (unpaired) electrons. The summed E-state index contributed by atoms with van der Waals surface area (Å²) in [5.74, 6) is 2.82. The predicted octanol–water partition coefficient (Wildman–Crippen LogP) is 3.90. The maximum atomic E-state index is 5.95. The monoisotopic (exact) mass is 373 g/mol. The molecule has 2 aliphatic rings. The van der Waals surface area contributed by atoms with E-state index in [-0.39, 0.29) is 0 Å². The first-order valence-corrected chi connectivity index (χ1v) is 10.1. The molecule has 26 heavy (non-hydrogen) atoms. The van der Waals surface area contributed by atoms with Crippen LogP contribution in [0.5, 0.6) is 0 Å². The largest absolute Gasteiger partial charge is 0.357 e. The molecule has 0 aliphatic carbocycles. The Kier molecular flexibility index (Phi) is 5.46. The van der Waals surface area contributed by atoms with Gasteiger partial charge < -0.3 is 9.88 Å². The average molecular weight is 374 g/mol. The highest BCUT2D eigenvalue weighted by molar-refractivity contribution is 6.30. The highest BCUT2D eigenvalue weighted by Crippen LogP contribution is 2.34. The van der Waals surface area contributed by atoms with E-state index in [0.29, 0.717) is 5.02 Å². The van der Waals surface area contributed by atoms with Crippen molar-refractivity contribution in [1.82, 2.24) is 19.9 Å². The normalized spacial score (nSPS) is 20.6. The molecule has 0 bridgehead atoms. The van der Waals surface area contributed by atoms with Crippen LogP contribution in [0.2, 0.25) is 5.02 Å². The Hall–Kier alpha value is -1.59. The van der Waals surface area contributed by atoms with Gasteiger partial charge in [0.25, 0.3) is 0 Å². The number of anilines is 1. The van der Waals surface area contributed by atoms with Crippen LogP contribution in [0.1, 0.15) is 37.1 Å². The van der Waals surface area contributed by atoms with Gasteiger partial charge in [0.1, 0.15) is 5.82 Å². The minimum atomic E-state index is 0.709. The first-order valence-electron chi connectivity index (χ1n) is 9.77. The molecule has 2 aromatic heterocycles. The number of likely N-dealkylation sites (tertiary alicyclic amines) is 1. The van der Waals surface area contributed by atoms with E-state index in [2.05, 4.69) is 31.7 Å². The number of H-pyrrole nitrogens is 1. The molecular weight excluding hydrogens is 346 g/mol. The molecule has 0 aromatic carbocycles. The molecule has 140 valence electrons. The first kappa shape index (κ1) is 17.8. The maximum Gasteiger partial charge on any atom is 0.128 e. The Morgan fingerprint density at radius 3 is 2.31 bits per heavy atom. The molecule has 4 heterocycles. The van der Waals surface area contributed by atoms with E-state index in [0.717, 1.165) is 37.3 Å². The number of imidazole rings is 1. The van der Waals surface area contributed by atoms with Crippen molar-refractivity contribution in [3.8, 4) is 0 Å². The SMILES string of the molecule is Cc1[nH]cnc1CN1CCC(C2CCN(c3ccc(Cl)cn3)CC2)CC1. The van der Waals surface area contributed by atoms with Crippen LogP contribution in [-0.2, 0) is 6.54 Å². The summed E-state index contributed by atoms with van der Waals surface area (Å²) in [6.45, 7) is 7.74. The Morgan fingerprint density at radius 1 is 1.04 bits per heavy atom. The molecule has 6 heteroatoms. The summed E-state index contributed by atoms with van der Waals surface area (Å²) in [5.41, 5.74) is 2.41. The van der Waals surface area contributed by atoms with E-state index >= 15 is 0 Å². The molecule has 5 nitrogen and oxygen atoms in total. The predicted molar refractivity (Wildman–Crippen MR) is 106 cm³/mol. The first-order chi connectivity index (χ1) is 12.7. The Labute approximate surface area is 160 Å². The summed E-state index contributed by atoms with van der Waals surface area (Å²) in [5, 5.41) is 0.709. The van der Waals surface area contributed by atoms with Crippen molar-refractivity contribution >= 4 is 17.4 Å². The summed E-state index contributed by atoms with van der Waals surface area (Å²) in [6, 6.07) is 3.98. The fraction of sp³-hybridized carbons (Fsp3) is 0.600. The number of pyridine rings is 1.